The fourth-order valence-electron chi connectivity index (χ4n) is 2.52. The van der Waals surface area contributed by atoms with Crippen LogP contribution >= 0.6 is 39.0 Å². The lowest BCUT2D eigenvalue weighted by Crippen LogP contribution is -2.19. The van der Waals surface area contributed by atoms with E-state index in [0.29, 0.717) is 6.61 Å². The zero-order valence-electron chi connectivity index (χ0n) is 12.5. The third kappa shape index (κ3) is 3.49. The van der Waals surface area contributed by atoms with Crippen molar-refractivity contribution in [2.24, 2.45) is 0 Å². The van der Waals surface area contributed by atoms with Crippen LogP contribution in [0.25, 0.3) is 0 Å². The van der Waals surface area contributed by atoms with Crippen molar-refractivity contribution in [3.63, 3.8) is 0 Å². The average Bonchev–Trinajstić information content (AvgIpc) is 3.13. The van der Waals surface area contributed by atoms with Crippen molar-refractivity contribution in [3.8, 4) is 5.75 Å². The van der Waals surface area contributed by atoms with Gasteiger partial charge in [-0.2, -0.15) is 0 Å². The van der Waals surface area contributed by atoms with Gasteiger partial charge in [0.15, 0.2) is 4.34 Å². The van der Waals surface area contributed by atoms with E-state index in [2.05, 4.69) is 38.3 Å². The summed E-state index contributed by atoms with van der Waals surface area (Å²) >= 11 is 6.78. The van der Waals surface area contributed by atoms with Gasteiger partial charge in [-0.15, -0.1) is 10.2 Å². The van der Waals surface area contributed by atoms with Crippen LogP contribution in [0.4, 0.5) is 0 Å². The first-order chi connectivity index (χ1) is 11.8. The maximum atomic E-state index is 6.19. The fraction of sp³-hybridized carbons (Fsp3) is 0.176. The van der Waals surface area contributed by atoms with E-state index in [1.807, 2.05) is 30.3 Å². The van der Waals surface area contributed by atoms with Gasteiger partial charge in [0.05, 0.1) is 6.61 Å². The summed E-state index contributed by atoms with van der Waals surface area (Å²) in [4.78, 5) is 0. The molecule has 0 unspecified atom stereocenters. The number of halogens is 1. The molecule has 0 N–H and O–H groups in total. The van der Waals surface area contributed by atoms with Crippen LogP contribution in [-0.4, -0.2) is 10.2 Å². The molecular weight excluding hydrogens is 408 g/mol. The van der Waals surface area contributed by atoms with Crippen molar-refractivity contribution >= 4 is 39.0 Å². The van der Waals surface area contributed by atoms with E-state index in [9.17, 15) is 0 Å². The predicted octanol–water partition coefficient (Wildman–Crippen LogP) is 5.20. The molecule has 0 aliphatic carbocycles. The van der Waals surface area contributed by atoms with Gasteiger partial charge in [0.25, 0.3) is 0 Å². The molecule has 1 aliphatic heterocycles. The molecule has 0 radical (unpaired) electrons. The number of rotatable bonds is 4. The highest BCUT2D eigenvalue weighted by Crippen LogP contribution is 2.40. The van der Waals surface area contributed by atoms with Gasteiger partial charge in [0.1, 0.15) is 11.3 Å². The van der Waals surface area contributed by atoms with Crippen LogP contribution in [0.15, 0.2) is 56.8 Å². The monoisotopic (exact) mass is 420 g/mol. The number of benzene rings is 2. The molecule has 4 rings (SSSR count). The number of hydrogen-bond donors (Lipinski definition) is 0. The SMILES string of the molecule is Brc1cc2c(c(CSc3nncs3)c1)O[C@@H](c1ccccc1)OC2. The third-order valence-corrected chi connectivity index (χ3v) is 5.95. The van der Waals surface area contributed by atoms with Gasteiger partial charge < -0.3 is 9.47 Å². The number of nitrogens with zero attached hydrogens (tertiary/aromatic N) is 2. The molecule has 122 valence electrons. The topological polar surface area (TPSA) is 44.2 Å². The minimum Gasteiger partial charge on any atom is -0.460 e. The minimum atomic E-state index is -0.370. The number of fused-ring (bicyclic) bond motifs is 1. The summed E-state index contributed by atoms with van der Waals surface area (Å²) in [6.07, 6.45) is -0.370. The molecule has 4 nitrogen and oxygen atoms in total. The summed E-state index contributed by atoms with van der Waals surface area (Å²) < 4.78 is 14.0. The Morgan fingerprint density at radius 3 is 2.92 bits per heavy atom. The van der Waals surface area contributed by atoms with Gasteiger partial charge in [-0.25, -0.2) is 0 Å². The van der Waals surface area contributed by atoms with Crippen LogP contribution in [0, 0.1) is 0 Å². The van der Waals surface area contributed by atoms with E-state index in [4.69, 9.17) is 9.47 Å². The molecule has 24 heavy (non-hydrogen) atoms. The highest BCUT2D eigenvalue weighted by Gasteiger charge is 2.24. The van der Waals surface area contributed by atoms with E-state index >= 15 is 0 Å². The Balaban J connectivity index is 1.60. The van der Waals surface area contributed by atoms with Crippen molar-refractivity contribution in [1.29, 1.82) is 0 Å². The van der Waals surface area contributed by atoms with Crippen LogP contribution in [-0.2, 0) is 17.1 Å². The molecule has 0 fully saturated rings. The van der Waals surface area contributed by atoms with Crippen molar-refractivity contribution in [1.82, 2.24) is 10.2 Å². The van der Waals surface area contributed by atoms with Crippen LogP contribution in [0.1, 0.15) is 23.0 Å². The molecular formula is C17H13BrN2O2S2. The van der Waals surface area contributed by atoms with Gasteiger partial charge >= 0.3 is 0 Å². The zero-order chi connectivity index (χ0) is 16.4. The molecule has 3 aromatic rings. The molecule has 0 bridgehead atoms. The predicted molar refractivity (Wildman–Crippen MR) is 98.2 cm³/mol. The molecule has 0 amide bonds. The third-order valence-electron chi connectivity index (χ3n) is 3.59. The second-order valence-corrected chi connectivity index (χ2v) is 8.19. The maximum Gasteiger partial charge on any atom is 0.227 e. The highest BCUT2D eigenvalue weighted by molar-refractivity contribution is 9.10. The summed E-state index contributed by atoms with van der Waals surface area (Å²) in [7, 11) is 0. The number of ether oxygens (including phenoxy) is 2. The Bertz CT molecular complexity index is 828. The Kier molecular flexibility index (Phi) is 4.84. The number of hydrogen-bond acceptors (Lipinski definition) is 6. The van der Waals surface area contributed by atoms with E-state index in [1.165, 1.54) is 0 Å². The summed E-state index contributed by atoms with van der Waals surface area (Å²) in [5.41, 5.74) is 4.95. The average molecular weight is 421 g/mol. The molecule has 7 heteroatoms. The normalized spacial score (nSPS) is 16.5. The first kappa shape index (κ1) is 16.1. The Hall–Kier alpha value is -1.41. The molecule has 1 aliphatic rings. The van der Waals surface area contributed by atoms with Gasteiger partial charge in [0, 0.05) is 26.9 Å². The van der Waals surface area contributed by atoms with Crippen LogP contribution in [0.5, 0.6) is 5.75 Å². The molecule has 1 aromatic heterocycles. The summed E-state index contributed by atoms with van der Waals surface area (Å²) in [6, 6.07) is 14.2. The van der Waals surface area contributed by atoms with Gasteiger partial charge in [-0.1, -0.05) is 69.4 Å². The molecule has 2 heterocycles. The molecule has 2 aromatic carbocycles. The van der Waals surface area contributed by atoms with Crippen molar-refractivity contribution in [2.75, 3.05) is 0 Å². The van der Waals surface area contributed by atoms with E-state index in [0.717, 1.165) is 37.0 Å². The molecule has 0 saturated carbocycles. The lowest BCUT2D eigenvalue weighted by molar-refractivity contribution is -0.111. The standard InChI is InChI=1S/C17H13BrN2O2S2/c18-14-6-12-8-21-16(11-4-2-1-3-5-11)22-15(12)13(7-14)9-23-17-20-19-10-24-17/h1-7,10,16H,8-9H2/t16-/m0/s1. The van der Waals surface area contributed by atoms with E-state index < -0.39 is 0 Å². The first-order valence-electron chi connectivity index (χ1n) is 7.33. The van der Waals surface area contributed by atoms with Gasteiger partial charge in [-0.3, -0.25) is 0 Å². The van der Waals surface area contributed by atoms with Crippen molar-refractivity contribution in [2.45, 2.75) is 23.0 Å². The quantitative estimate of drug-likeness (QED) is 0.542. The Morgan fingerprint density at radius 1 is 1.25 bits per heavy atom. The highest BCUT2D eigenvalue weighted by atomic mass is 79.9. The Morgan fingerprint density at radius 2 is 2.12 bits per heavy atom. The minimum absolute atomic E-state index is 0.370. The van der Waals surface area contributed by atoms with Crippen molar-refractivity contribution < 1.29 is 9.47 Å². The molecule has 1 atom stereocenters. The molecule has 0 saturated heterocycles. The summed E-state index contributed by atoms with van der Waals surface area (Å²) in [5, 5.41) is 7.96. The van der Waals surface area contributed by atoms with Crippen molar-refractivity contribution in [3.05, 3.63) is 69.1 Å². The summed E-state index contributed by atoms with van der Waals surface area (Å²) in [6.45, 7) is 0.533. The first-order valence-corrected chi connectivity index (χ1v) is 9.99. The lowest BCUT2D eigenvalue weighted by Gasteiger charge is -2.28. The van der Waals surface area contributed by atoms with Crippen LogP contribution in [0.3, 0.4) is 0 Å². The van der Waals surface area contributed by atoms with Crippen LogP contribution < -0.4 is 4.74 Å². The maximum absolute atomic E-state index is 6.19. The van der Waals surface area contributed by atoms with Gasteiger partial charge in [0.2, 0.25) is 6.29 Å². The second kappa shape index (κ2) is 7.23. The van der Waals surface area contributed by atoms with E-state index in [-0.39, 0.29) is 6.29 Å². The summed E-state index contributed by atoms with van der Waals surface area (Å²) in [5.74, 6) is 1.69. The number of aromatic nitrogens is 2. The molecule has 0 spiro atoms. The number of thioether (sulfide) groups is 1. The van der Waals surface area contributed by atoms with Gasteiger partial charge in [-0.05, 0) is 12.1 Å². The lowest BCUT2D eigenvalue weighted by atomic mass is 10.1. The smallest absolute Gasteiger partial charge is 0.227 e. The van der Waals surface area contributed by atoms with Crippen LogP contribution in [0.2, 0.25) is 0 Å². The zero-order valence-corrected chi connectivity index (χ0v) is 15.7. The Labute approximate surface area is 156 Å². The second-order valence-electron chi connectivity index (χ2n) is 5.22. The fourth-order valence-corrected chi connectivity index (χ4v) is 4.53. The largest absolute Gasteiger partial charge is 0.460 e. The van der Waals surface area contributed by atoms with E-state index in [1.54, 1.807) is 28.6 Å².